The van der Waals surface area contributed by atoms with Crippen LogP contribution in [0.2, 0.25) is 0 Å². The fourth-order valence-electron chi connectivity index (χ4n) is 4.10. The van der Waals surface area contributed by atoms with Crippen LogP contribution in [-0.4, -0.2) is 27.3 Å². The molecule has 0 saturated heterocycles. The molecule has 0 unspecified atom stereocenters. The van der Waals surface area contributed by atoms with E-state index in [-0.39, 0.29) is 5.75 Å². The summed E-state index contributed by atoms with van der Waals surface area (Å²) in [5, 5.41) is 13.9. The van der Waals surface area contributed by atoms with E-state index in [4.69, 9.17) is 9.47 Å². The number of ether oxygens (including phenoxy) is 2. The van der Waals surface area contributed by atoms with Gasteiger partial charge in [0.15, 0.2) is 23.1 Å². The largest absolute Gasteiger partial charge is 0.495 e. The van der Waals surface area contributed by atoms with Crippen LogP contribution in [0, 0.1) is 5.82 Å². The lowest BCUT2D eigenvalue weighted by Crippen LogP contribution is -2.00. The fraction of sp³-hybridized carbons (Fsp3) is 0.0345. The molecule has 37 heavy (non-hydrogen) atoms. The van der Waals surface area contributed by atoms with Crippen molar-refractivity contribution < 1.29 is 13.9 Å². The quantitative estimate of drug-likeness (QED) is 0.272. The van der Waals surface area contributed by atoms with Gasteiger partial charge < -0.3 is 14.8 Å². The lowest BCUT2D eigenvalue weighted by molar-refractivity contribution is 0.413. The molecule has 0 atom stereocenters. The monoisotopic (exact) mass is 489 g/mol. The van der Waals surface area contributed by atoms with Crippen molar-refractivity contribution in [3.05, 3.63) is 103 Å². The van der Waals surface area contributed by atoms with Gasteiger partial charge >= 0.3 is 0 Å². The Kier molecular flexibility index (Phi) is 5.74. The number of methoxy groups -OCH3 is 1. The Balaban J connectivity index is 1.30. The van der Waals surface area contributed by atoms with E-state index in [9.17, 15) is 0 Å². The molecule has 6 aromatic rings. The third kappa shape index (κ3) is 4.36. The molecule has 0 amide bonds. The summed E-state index contributed by atoms with van der Waals surface area (Å²) >= 11 is 0. The Labute approximate surface area is 211 Å². The molecule has 3 aromatic heterocycles. The number of benzene rings is 3. The Morgan fingerprint density at radius 2 is 1.59 bits per heavy atom. The van der Waals surface area contributed by atoms with E-state index in [1.807, 2.05) is 54.6 Å². The van der Waals surface area contributed by atoms with Gasteiger partial charge in [-0.05, 0) is 12.1 Å². The van der Waals surface area contributed by atoms with Crippen LogP contribution < -0.4 is 14.8 Å². The minimum Gasteiger partial charge on any atom is -0.495 e. The average molecular weight is 490 g/mol. The molecular weight excluding hydrogens is 469 g/mol. The summed E-state index contributed by atoms with van der Waals surface area (Å²) in [7, 11) is 1.56. The Morgan fingerprint density at radius 3 is 2.41 bits per heavy atom. The lowest BCUT2D eigenvalue weighted by Gasteiger charge is -2.13. The minimum atomic E-state index is -0.540. The van der Waals surface area contributed by atoms with Crippen LogP contribution in [0.4, 0.5) is 15.9 Å². The number of nitrogens with one attached hydrogen (secondary N) is 1. The van der Waals surface area contributed by atoms with Crippen LogP contribution in [0.5, 0.6) is 17.2 Å². The van der Waals surface area contributed by atoms with Crippen LogP contribution in [0.3, 0.4) is 0 Å². The highest BCUT2D eigenvalue weighted by Gasteiger charge is 2.14. The van der Waals surface area contributed by atoms with Crippen LogP contribution in [-0.2, 0) is 0 Å². The number of pyridine rings is 2. The maximum Gasteiger partial charge on any atom is 0.167 e. The first kappa shape index (κ1) is 22.4. The van der Waals surface area contributed by atoms with Crippen LogP contribution in [0.15, 0.2) is 97.3 Å². The summed E-state index contributed by atoms with van der Waals surface area (Å²) in [5.74, 6) is 1.01. The molecule has 6 rings (SSSR count). The maximum absolute atomic E-state index is 15.1. The second-order valence-electron chi connectivity index (χ2n) is 8.23. The normalized spacial score (nSPS) is 11.0. The molecule has 7 nitrogen and oxygen atoms in total. The summed E-state index contributed by atoms with van der Waals surface area (Å²) in [4.78, 5) is 8.63. The lowest BCUT2D eigenvalue weighted by atomic mass is 10.0. The summed E-state index contributed by atoms with van der Waals surface area (Å²) < 4.78 is 26.2. The smallest absolute Gasteiger partial charge is 0.167 e. The van der Waals surface area contributed by atoms with Crippen molar-refractivity contribution in [2.75, 3.05) is 12.4 Å². The van der Waals surface area contributed by atoms with Gasteiger partial charge in [-0.3, -0.25) is 4.98 Å². The number of halogens is 1. The fourth-order valence-corrected chi connectivity index (χ4v) is 4.10. The maximum atomic E-state index is 15.1. The standard InChI is InChI=1S/C29H20FN5O2/c1-36-20-16-24-28(32-17-20)26(13-14-31-24)37-25-12-11-19(15-23(25)30)33-29-22-10-6-5-9-21(22)27(34-35-29)18-7-3-2-4-8-18/h2-17H,1H3,(H,33,35). The molecular formula is C29H20FN5O2. The number of aromatic nitrogens is 4. The van der Waals surface area contributed by atoms with Crippen LogP contribution in [0.1, 0.15) is 0 Å². The molecule has 0 aliphatic rings. The Hall–Kier alpha value is -5.11. The highest BCUT2D eigenvalue weighted by atomic mass is 19.1. The van der Waals surface area contributed by atoms with Gasteiger partial charge in [0, 0.05) is 46.4 Å². The topological polar surface area (TPSA) is 82.0 Å². The van der Waals surface area contributed by atoms with Gasteiger partial charge in [0.05, 0.1) is 18.8 Å². The predicted octanol–water partition coefficient (Wildman–Crippen LogP) is 6.92. The first-order valence-corrected chi connectivity index (χ1v) is 11.5. The van der Waals surface area contributed by atoms with Crippen LogP contribution in [0.25, 0.3) is 33.1 Å². The molecule has 3 heterocycles. The van der Waals surface area contributed by atoms with E-state index >= 15 is 4.39 Å². The van der Waals surface area contributed by atoms with Crippen molar-refractivity contribution in [1.82, 2.24) is 20.2 Å². The van der Waals surface area contributed by atoms with E-state index in [1.165, 1.54) is 6.07 Å². The molecule has 3 aromatic carbocycles. The van der Waals surface area contributed by atoms with Gasteiger partial charge in [0.25, 0.3) is 0 Å². The van der Waals surface area contributed by atoms with Gasteiger partial charge in [-0.1, -0.05) is 54.6 Å². The van der Waals surface area contributed by atoms with Crippen molar-refractivity contribution in [3.8, 4) is 28.5 Å². The minimum absolute atomic E-state index is 0.0611. The number of nitrogens with zero attached hydrogens (tertiary/aromatic N) is 4. The van der Waals surface area contributed by atoms with Gasteiger partial charge in [0.2, 0.25) is 0 Å². The summed E-state index contributed by atoms with van der Waals surface area (Å²) in [6.07, 6.45) is 3.14. The molecule has 0 bridgehead atoms. The highest BCUT2D eigenvalue weighted by molar-refractivity contribution is 6.00. The predicted molar refractivity (Wildman–Crippen MR) is 141 cm³/mol. The first-order valence-electron chi connectivity index (χ1n) is 11.5. The van der Waals surface area contributed by atoms with E-state index in [2.05, 4.69) is 25.5 Å². The molecule has 0 spiro atoms. The summed E-state index contributed by atoms with van der Waals surface area (Å²) in [5.41, 5.74) is 3.36. The van der Waals surface area contributed by atoms with Crippen molar-refractivity contribution >= 4 is 33.3 Å². The van der Waals surface area contributed by atoms with Crippen molar-refractivity contribution in [1.29, 1.82) is 0 Å². The van der Waals surface area contributed by atoms with Crippen molar-refractivity contribution in [2.24, 2.45) is 0 Å². The zero-order valence-electron chi connectivity index (χ0n) is 19.7. The van der Waals surface area contributed by atoms with E-state index in [1.54, 1.807) is 43.8 Å². The third-order valence-corrected chi connectivity index (χ3v) is 5.90. The van der Waals surface area contributed by atoms with Gasteiger partial charge in [-0.25, -0.2) is 9.37 Å². The summed E-state index contributed by atoms with van der Waals surface area (Å²) in [6, 6.07) is 25.8. The van der Waals surface area contributed by atoms with Gasteiger partial charge in [-0.2, -0.15) is 0 Å². The van der Waals surface area contributed by atoms with Crippen molar-refractivity contribution in [3.63, 3.8) is 0 Å². The zero-order chi connectivity index (χ0) is 25.2. The molecule has 1 N–H and O–H groups in total. The molecule has 0 aliphatic heterocycles. The van der Waals surface area contributed by atoms with Gasteiger partial charge in [-0.15, -0.1) is 10.2 Å². The number of hydrogen-bond acceptors (Lipinski definition) is 7. The highest BCUT2D eigenvalue weighted by Crippen LogP contribution is 2.34. The van der Waals surface area contributed by atoms with E-state index in [0.29, 0.717) is 34.0 Å². The molecule has 0 fully saturated rings. The Morgan fingerprint density at radius 1 is 0.784 bits per heavy atom. The zero-order valence-corrected chi connectivity index (χ0v) is 19.7. The summed E-state index contributed by atoms with van der Waals surface area (Å²) in [6.45, 7) is 0. The number of fused-ring (bicyclic) bond motifs is 2. The molecule has 0 radical (unpaired) electrons. The average Bonchev–Trinajstić information content (AvgIpc) is 2.95. The van der Waals surface area contributed by atoms with Crippen LogP contribution >= 0.6 is 0 Å². The van der Waals surface area contributed by atoms with Crippen molar-refractivity contribution in [2.45, 2.75) is 0 Å². The molecule has 0 aliphatic carbocycles. The second kappa shape index (κ2) is 9.50. The first-order chi connectivity index (χ1) is 18.2. The van der Waals surface area contributed by atoms with E-state index < -0.39 is 5.82 Å². The molecule has 0 saturated carbocycles. The number of hydrogen-bond donors (Lipinski definition) is 1. The second-order valence-corrected chi connectivity index (χ2v) is 8.23. The SMILES string of the molecule is COc1cnc2c(Oc3ccc(Nc4nnc(-c5ccccc5)c5ccccc45)cc3F)ccnc2c1. The molecule has 8 heteroatoms. The number of anilines is 2. The number of rotatable bonds is 6. The van der Waals surface area contributed by atoms with Gasteiger partial charge in [0.1, 0.15) is 17.0 Å². The molecule has 180 valence electrons. The van der Waals surface area contributed by atoms with E-state index in [0.717, 1.165) is 22.0 Å². The third-order valence-electron chi connectivity index (χ3n) is 5.90. The Bertz CT molecular complexity index is 1740.